The zero-order valence-corrected chi connectivity index (χ0v) is 13.6. The van der Waals surface area contributed by atoms with Crippen molar-refractivity contribution in [3.05, 3.63) is 47.9 Å². The molecule has 24 heavy (non-hydrogen) atoms. The minimum absolute atomic E-state index is 0.0683. The van der Waals surface area contributed by atoms with E-state index in [1.54, 1.807) is 19.5 Å². The van der Waals surface area contributed by atoms with E-state index in [-0.39, 0.29) is 5.91 Å². The largest absolute Gasteiger partial charge is 0.497 e. The highest BCUT2D eigenvalue weighted by atomic mass is 16.5. The molecule has 1 unspecified atom stereocenters. The van der Waals surface area contributed by atoms with E-state index in [4.69, 9.17) is 4.74 Å². The maximum Gasteiger partial charge on any atom is 0.256 e. The van der Waals surface area contributed by atoms with Crippen LogP contribution in [-0.2, 0) is 0 Å². The first kappa shape index (κ1) is 14.8. The van der Waals surface area contributed by atoms with Crippen molar-refractivity contribution in [2.45, 2.75) is 18.8 Å². The molecule has 124 valence electrons. The van der Waals surface area contributed by atoms with Crippen LogP contribution in [0.1, 0.15) is 34.8 Å². The van der Waals surface area contributed by atoms with E-state index in [1.807, 2.05) is 29.2 Å². The Morgan fingerprint density at radius 3 is 3.08 bits per heavy atom. The Morgan fingerprint density at radius 1 is 1.38 bits per heavy atom. The van der Waals surface area contributed by atoms with Crippen molar-refractivity contribution in [3.63, 3.8) is 0 Å². The van der Waals surface area contributed by atoms with Crippen LogP contribution < -0.4 is 4.74 Å². The number of likely N-dealkylation sites (tertiary alicyclic amines) is 1. The van der Waals surface area contributed by atoms with Crippen molar-refractivity contribution < 1.29 is 9.53 Å². The van der Waals surface area contributed by atoms with Gasteiger partial charge in [-0.1, -0.05) is 0 Å². The third kappa shape index (κ3) is 2.54. The number of aromatic nitrogens is 3. The number of nitrogens with zero attached hydrogens (tertiary/aromatic N) is 2. The van der Waals surface area contributed by atoms with Gasteiger partial charge in [-0.15, -0.1) is 0 Å². The summed E-state index contributed by atoms with van der Waals surface area (Å²) in [5, 5.41) is 7.97. The molecule has 0 radical (unpaired) electrons. The second-order valence-electron chi connectivity index (χ2n) is 6.22. The summed E-state index contributed by atoms with van der Waals surface area (Å²) in [5.41, 5.74) is 2.75. The molecule has 1 atom stereocenters. The normalized spacial score (nSPS) is 18.0. The second kappa shape index (κ2) is 6.03. The number of carbonyl (C=O) groups excluding carboxylic acids is 1. The molecule has 6 nitrogen and oxygen atoms in total. The number of piperidine rings is 1. The van der Waals surface area contributed by atoms with Crippen LogP contribution in [0.15, 0.2) is 36.7 Å². The molecule has 1 aliphatic heterocycles. The minimum Gasteiger partial charge on any atom is -0.497 e. The Balaban J connectivity index is 1.61. The monoisotopic (exact) mass is 324 g/mol. The van der Waals surface area contributed by atoms with Crippen LogP contribution in [-0.4, -0.2) is 46.2 Å². The summed E-state index contributed by atoms with van der Waals surface area (Å²) in [6, 6.07) is 7.74. The van der Waals surface area contributed by atoms with E-state index in [0.29, 0.717) is 11.5 Å². The second-order valence-corrected chi connectivity index (χ2v) is 6.22. The molecule has 1 fully saturated rings. The first-order valence-electron chi connectivity index (χ1n) is 8.20. The summed E-state index contributed by atoms with van der Waals surface area (Å²) in [7, 11) is 1.63. The van der Waals surface area contributed by atoms with Crippen LogP contribution >= 0.6 is 0 Å². The third-order valence-corrected chi connectivity index (χ3v) is 4.79. The molecule has 1 aliphatic rings. The van der Waals surface area contributed by atoms with Gasteiger partial charge in [-0.05, 0) is 37.1 Å². The number of ether oxygens (including phenoxy) is 1. The van der Waals surface area contributed by atoms with Crippen molar-refractivity contribution in [2.24, 2.45) is 0 Å². The van der Waals surface area contributed by atoms with Crippen molar-refractivity contribution in [1.29, 1.82) is 0 Å². The first-order valence-corrected chi connectivity index (χ1v) is 8.20. The molecular weight excluding hydrogens is 304 g/mol. The number of amides is 1. The standard InChI is InChI=1S/C18H20N4O2/c1-24-13-4-5-17-14(9-13)15(10-19-17)18(23)22-8-2-3-12(11-22)16-6-7-20-21-16/h4-7,9-10,12,19H,2-3,8,11H2,1H3,(H,20,21). The summed E-state index contributed by atoms with van der Waals surface area (Å²) in [6.45, 7) is 1.51. The van der Waals surface area contributed by atoms with Gasteiger partial charge in [0.05, 0.1) is 12.7 Å². The van der Waals surface area contributed by atoms with E-state index in [9.17, 15) is 4.79 Å². The Hall–Kier alpha value is -2.76. The van der Waals surface area contributed by atoms with Gasteiger partial charge in [-0.25, -0.2) is 0 Å². The predicted octanol–water partition coefficient (Wildman–Crippen LogP) is 2.92. The molecule has 0 bridgehead atoms. The van der Waals surface area contributed by atoms with E-state index >= 15 is 0 Å². The number of aromatic amines is 2. The Morgan fingerprint density at radius 2 is 2.29 bits per heavy atom. The smallest absolute Gasteiger partial charge is 0.256 e. The van der Waals surface area contributed by atoms with Gasteiger partial charge in [-0.3, -0.25) is 9.89 Å². The maximum atomic E-state index is 13.0. The lowest BCUT2D eigenvalue weighted by molar-refractivity contribution is 0.0708. The fourth-order valence-corrected chi connectivity index (χ4v) is 3.48. The number of hydrogen-bond donors (Lipinski definition) is 2. The number of nitrogens with one attached hydrogen (secondary N) is 2. The molecule has 2 N–H and O–H groups in total. The maximum absolute atomic E-state index is 13.0. The van der Waals surface area contributed by atoms with Crippen molar-refractivity contribution >= 4 is 16.8 Å². The molecule has 0 spiro atoms. The van der Waals surface area contributed by atoms with Crippen LogP contribution in [0.4, 0.5) is 0 Å². The molecule has 0 aliphatic carbocycles. The molecule has 3 aromatic rings. The van der Waals surface area contributed by atoms with Crippen molar-refractivity contribution in [1.82, 2.24) is 20.1 Å². The van der Waals surface area contributed by atoms with Gasteiger partial charge in [0.15, 0.2) is 0 Å². The molecule has 4 rings (SSSR count). The quantitative estimate of drug-likeness (QED) is 0.778. The Labute approximate surface area is 139 Å². The number of H-pyrrole nitrogens is 2. The van der Waals surface area contributed by atoms with Gasteiger partial charge in [0.2, 0.25) is 0 Å². The van der Waals surface area contributed by atoms with Gasteiger partial charge in [0.25, 0.3) is 5.91 Å². The van der Waals surface area contributed by atoms with E-state index in [1.165, 1.54) is 0 Å². The van der Waals surface area contributed by atoms with Crippen molar-refractivity contribution in [3.8, 4) is 5.75 Å². The summed E-state index contributed by atoms with van der Waals surface area (Å²) >= 11 is 0. The average molecular weight is 324 g/mol. The molecule has 1 aromatic carbocycles. The Kier molecular flexibility index (Phi) is 3.72. The lowest BCUT2D eigenvalue weighted by Crippen LogP contribution is -2.39. The third-order valence-electron chi connectivity index (χ3n) is 4.79. The van der Waals surface area contributed by atoms with E-state index in [2.05, 4.69) is 15.2 Å². The molecular formula is C18H20N4O2. The summed E-state index contributed by atoms with van der Waals surface area (Å²) in [6.07, 6.45) is 5.64. The highest BCUT2D eigenvalue weighted by Crippen LogP contribution is 2.29. The fourth-order valence-electron chi connectivity index (χ4n) is 3.48. The SMILES string of the molecule is COc1ccc2[nH]cc(C(=O)N3CCCC(c4ccn[nH]4)C3)c2c1. The minimum atomic E-state index is 0.0683. The Bertz CT molecular complexity index is 853. The molecule has 1 amide bonds. The lowest BCUT2D eigenvalue weighted by atomic mass is 9.94. The highest BCUT2D eigenvalue weighted by molar-refractivity contribution is 6.07. The highest BCUT2D eigenvalue weighted by Gasteiger charge is 2.27. The number of rotatable bonds is 3. The summed E-state index contributed by atoms with van der Waals surface area (Å²) in [4.78, 5) is 18.1. The van der Waals surface area contributed by atoms with Gasteiger partial charge < -0.3 is 14.6 Å². The number of carbonyl (C=O) groups is 1. The zero-order valence-electron chi connectivity index (χ0n) is 13.6. The fraction of sp³-hybridized carbons (Fsp3) is 0.333. The zero-order chi connectivity index (χ0) is 16.5. The van der Waals surface area contributed by atoms with Crippen LogP contribution in [0, 0.1) is 0 Å². The van der Waals surface area contributed by atoms with E-state index < -0.39 is 0 Å². The number of hydrogen-bond acceptors (Lipinski definition) is 3. The molecule has 3 heterocycles. The van der Waals surface area contributed by atoms with Crippen LogP contribution in [0.25, 0.3) is 10.9 Å². The van der Waals surface area contributed by atoms with Gasteiger partial charge in [0, 0.05) is 48.0 Å². The first-order chi connectivity index (χ1) is 11.8. The predicted molar refractivity (Wildman–Crippen MR) is 91.3 cm³/mol. The van der Waals surface area contributed by atoms with E-state index in [0.717, 1.165) is 48.3 Å². The summed E-state index contributed by atoms with van der Waals surface area (Å²) < 4.78 is 5.29. The van der Waals surface area contributed by atoms with Gasteiger partial charge >= 0.3 is 0 Å². The number of methoxy groups -OCH3 is 1. The van der Waals surface area contributed by atoms with Gasteiger partial charge in [-0.2, -0.15) is 5.10 Å². The van der Waals surface area contributed by atoms with Crippen LogP contribution in [0.5, 0.6) is 5.75 Å². The topological polar surface area (TPSA) is 74.0 Å². The molecule has 1 saturated heterocycles. The van der Waals surface area contributed by atoms with Gasteiger partial charge in [0.1, 0.15) is 5.75 Å². The average Bonchev–Trinajstić information content (AvgIpc) is 3.30. The number of benzene rings is 1. The van der Waals surface area contributed by atoms with Crippen molar-refractivity contribution in [2.75, 3.05) is 20.2 Å². The van der Waals surface area contributed by atoms with Crippen LogP contribution in [0.3, 0.4) is 0 Å². The molecule has 6 heteroatoms. The molecule has 2 aromatic heterocycles. The number of fused-ring (bicyclic) bond motifs is 1. The lowest BCUT2D eigenvalue weighted by Gasteiger charge is -2.32. The van der Waals surface area contributed by atoms with Crippen LogP contribution in [0.2, 0.25) is 0 Å². The summed E-state index contributed by atoms with van der Waals surface area (Å²) in [5.74, 6) is 1.15. The molecule has 0 saturated carbocycles.